The summed E-state index contributed by atoms with van der Waals surface area (Å²) in [6.07, 6.45) is 0. The summed E-state index contributed by atoms with van der Waals surface area (Å²) in [7, 11) is 1.75. The van der Waals surface area contributed by atoms with Crippen LogP contribution < -0.4 is 5.73 Å². The van der Waals surface area contributed by atoms with Crippen LogP contribution in [0.2, 0.25) is 0 Å². The van der Waals surface area contributed by atoms with E-state index in [2.05, 4.69) is 10.2 Å². The molecule has 0 aliphatic heterocycles. The highest BCUT2D eigenvalue weighted by Crippen LogP contribution is 1.91. The van der Waals surface area contributed by atoms with Gasteiger partial charge in [0.15, 0.2) is 4.77 Å². The van der Waals surface area contributed by atoms with E-state index in [4.69, 9.17) is 18.0 Å². The van der Waals surface area contributed by atoms with Gasteiger partial charge in [0.25, 0.3) is 0 Å². The van der Waals surface area contributed by atoms with Crippen molar-refractivity contribution in [2.75, 3.05) is 5.73 Å². The van der Waals surface area contributed by atoms with Crippen molar-refractivity contribution in [1.29, 1.82) is 0 Å². The standard InChI is InChI=1S/C3H6N4S/c1-7-2(4)5-6-3(7)8/h1H3,(H2,4,5)(H,6,8). The van der Waals surface area contributed by atoms with E-state index in [0.717, 1.165) is 0 Å². The van der Waals surface area contributed by atoms with E-state index in [1.54, 1.807) is 11.6 Å². The number of hydrogen-bond donors (Lipinski definition) is 2. The molecule has 5 heteroatoms. The third-order valence-electron chi connectivity index (χ3n) is 0.914. The molecule has 44 valence electrons. The van der Waals surface area contributed by atoms with Gasteiger partial charge < -0.3 is 5.73 Å². The van der Waals surface area contributed by atoms with E-state index < -0.39 is 0 Å². The average Bonchev–Trinajstić information content (AvgIpc) is 1.98. The monoisotopic (exact) mass is 130 g/mol. The van der Waals surface area contributed by atoms with Gasteiger partial charge in [0.1, 0.15) is 0 Å². The number of rotatable bonds is 0. The quantitative estimate of drug-likeness (QED) is 0.488. The highest BCUT2D eigenvalue weighted by Gasteiger charge is 1.90. The number of hydrogen-bond acceptors (Lipinski definition) is 3. The van der Waals surface area contributed by atoms with Crippen molar-refractivity contribution in [3.63, 3.8) is 0 Å². The summed E-state index contributed by atoms with van der Waals surface area (Å²) in [5, 5.41) is 6.17. The first-order chi connectivity index (χ1) is 3.72. The van der Waals surface area contributed by atoms with Gasteiger partial charge in [-0.3, -0.25) is 4.57 Å². The molecule has 1 aromatic heterocycles. The van der Waals surface area contributed by atoms with Crippen LogP contribution >= 0.6 is 12.2 Å². The molecule has 0 unspecified atom stereocenters. The molecule has 1 heterocycles. The number of aromatic nitrogens is 3. The van der Waals surface area contributed by atoms with Crippen LogP contribution in [0.3, 0.4) is 0 Å². The number of nitrogens with two attached hydrogens (primary N) is 1. The van der Waals surface area contributed by atoms with E-state index in [1.807, 2.05) is 0 Å². The summed E-state index contributed by atoms with van der Waals surface area (Å²) in [5.41, 5.74) is 5.29. The summed E-state index contributed by atoms with van der Waals surface area (Å²) in [5.74, 6) is 0.412. The summed E-state index contributed by atoms with van der Waals surface area (Å²) in [6.45, 7) is 0. The van der Waals surface area contributed by atoms with Crippen LogP contribution in [-0.4, -0.2) is 14.8 Å². The van der Waals surface area contributed by atoms with Crippen LogP contribution in [0.5, 0.6) is 0 Å². The molecule has 8 heavy (non-hydrogen) atoms. The smallest absolute Gasteiger partial charge is 0.220 e. The zero-order valence-corrected chi connectivity index (χ0v) is 5.20. The molecule has 1 rings (SSSR count). The van der Waals surface area contributed by atoms with Crippen LogP contribution in [0.4, 0.5) is 5.95 Å². The Kier molecular flexibility index (Phi) is 1.05. The molecule has 0 aromatic carbocycles. The Balaban J connectivity index is 3.41. The predicted octanol–water partition coefficient (Wildman–Crippen LogP) is 0.0599. The number of aromatic amines is 1. The second kappa shape index (κ2) is 1.59. The Labute approximate surface area is 51.3 Å². The lowest BCUT2D eigenvalue weighted by molar-refractivity contribution is 0.906. The van der Waals surface area contributed by atoms with Crippen molar-refractivity contribution in [3.8, 4) is 0 Å². The second-order valence-corrected chi connectivity index (χ2v) is 1.83. The molecule has 0 aliphatic carbocycles. The number of H-pyrrole nitrogens is 1. The summed E-state index contributed by atoms with van der Waals surface area (Å²) in [4.78, 5) is 0. The molecular weight excluding hydrogens is 124 g/mol. The molecule has 0 spiro atoms. The lowest BCUT2D eigenvalue weighted by Crippen LogP contribution is -1.95. The predicted molar refractivity (Wildman–Crippen MR) is 32.8 cm³/mol. The normalized spacial score (nSPS) is 9.62. The van der Waals surface area contributed by atoms with Crippen LogP contribution in [0.1, 0.15) is 0 Å². The summed E-state index contributed by atoms with van der Waals surface area (Å²) in [6, 6.07) is 0. The maximum absolute atomic E-state index is 5.29. The Morgan fingerprint density at radius 2 is 2.50 bits per heavy atom. The molecule has 0 fully saturated rings. The highest BCUT2D eigenvalue weighted by molar-refractivity contribution is 7.71. The van der Waals surface area contributed by atoms with E-state index >= 15 is 0 Å². The van der Waals surface area contributed by atoms with Crippen LogP contribution in [0, 0.1) is 4.77 Å². The Morgan fingerprint density at radius 1 is 1.88 bits per heavy atom. The third kappa shape index (κ3) is 0.604. The second-order valence-electron chi connectivity index (χ2n) is 1.45. The van der Waals surface area contributed by atoms with Crippen LogP contribution in [-0.2, 0) is 7.05 Å². The summed E-state index contributed by atoms with van der Waals surface area (Å²) < 4.78 is 2.14. The van der Waals surface area contributed by atoms with Crippen molar-refractivity contribution in [1.82, 2.24) is 14.8 Å². The fourth-order valence-corrected chi connectivity index (χ4v) is 0.498. The average molecular weight is 130 g/mol. The minimum Gasteiger partial charge on any atom is -0.368 e. The fraction of sp³-hybridized carbons (Fsp3) is 0.333. The minimum atomic E-state index is 0.412. The zero-order valence-electron chi connectivity index (χ0n) is 4.38. The first-order valence-electron chi connectivity index (χ1n) is 2.08. The maximum atomic E-state index is 5.29. The Hall–Kier alpha value is -0.840. The first-order valence-corrected chi connectivity index (χ1v) is 2.49. The Morgan fingerprint density at radius 3 is 2.62 bits per heavy atom. The van der Waals surface area contributed by atoms with Gasteiger partial charge in [0.2, 0.25) is 5.95 Å². The molecule has 0 amide bonds. The lowest BCUT2D eigenvalue weighted by atomic mass is 11.0. The van der Waals surface area contributed by atoms with Crippen molar-refractivity contribution in [2.45, 2.75) is 0 Å². The topological polar surface area (TPSA) is 59.6 Å². The SMILES string of the molecule is Cn1c(N)n[nH]c1=S. The fourth-order valence-electron chi connectivity index (χ4n) is 0.359. The minimum absolute atomic E-state index is 0.412. The molecule has 0 saturated carbocycles. The van der Waals surface area contributed by atoms with Crippen LogP contribution in [0.25, 0.3) is 0 Å². The molecule has 1 aromatic rings. The van der Waals surface area contributed by atoms with Crippen molar-refractivity contribution in [2.24, 2.45) is 7.05 Å². The van der Waals surface area contributed by atoms with Crippen molar-refractivity contribution < 1.29 is 0 Å². The number of nitrogens with one attached hydrogen (secondary N) is 1. The van der Waals surface area contributed by atoms with Gasteiger partial charge in [-0.15, -0.1) is 5.10 Å². The molecule has 0 bridgehead atoms. The van der Waals surface area contributed by atoms with Crippen LogP contribution in [0.15, 0.2) is 0 Å². The maximum Gasteiger partial charge on any atom is 0.220 e. The van der Waals surface area contributed by atoms with E-state index in [-0.39, 0.29) is 0 Å². The van der Waals surface area contributed by atoms with Crippen molar-refractivity contribution in [3.05, 3.63) is 4.77 Å². The molecule has 3 N–H and O–H groups in total. The van der Waals surface area contributed by atoms with E-state index in [0.29, 0.717) is 10.7 Å². The number of nitrogens with zero attached hydrogens (tertiary/aromatic N) is 2. The van der Waals surface area contributed by atoms with Gasteiger partial charge >= 0.3 is 0 Å². The highest BCUT2D eigenvalue weighted by atomic mass is 32.1. The Bertz CT molecular complexity index is 234. The number of nitrogen functional groups attached to an aromatic ring is 1. The van der Waals surface area contributed by atoms with Crippen molar-refractivity contribution >= 4 is 18.2 Å². The molecular formula is C3H6N4S. The van der Waals surface area contributed by atoms with E-state index in [1.165, 1.54) is 0 Å². The summed E-state index contributed by atoms with van der Waals surface area (Å²) >= 11 is 4.74. The van der Waals surface area contributed by atoms with Gasteiger partial charge in [-0.1, -0.05) is 0 Å². The first kappa shape index (κ1) is 5.30. The van der Waals surface area contributed by atoms with Gasteiger partial charge in [-0.25, -0.2) is 5.10 Å². The van der Waals surface area contributed by atoms with Gasteiger partial charge in [0, 0.05) is 7.05 Å². The third-order valence-corrected chi connectivity index (χ3v) is 1.28. The van der Waals surface area contributed by atoms with Gasteiger partial charge in [-0.2, -0.15) is 0 Å². The van der Waals surface area contributed by atoms with E-state index in [9.17, 15) is 0 Å². The lowest BCUT2D eigenvalue weighted by Gasteiger charge is -1.86. The number of anilines is 1. The largest absolute Gasteiger partial charge is 0.368 e. The van der Waals surface area contributed by atoms with Gasteiger partial charge in [-0.05, 0) is 12.2 Å². The molecule has 0 radical (unpaired) electrons. The zero-order chi connectivity index (χ0) is 6.15. The van der Waals surface area contributed by atoms with Gasteiger partial charge in [0.05, 0.1) is 0 Å². The molecule has 0 aliphatic rings. The molecule has 0 atom stereocenters. The molecule has 0 saturated heterocycles. The molecule has 4 nitrogen and oxygen atoms in total.